The van der Waals surface area contributed by atoms with Gasteiger partial charge in [0.25, 0.3) is 5.91 Å². The Balaban J connectivity index is 1.45. The van der Waals surface area contributed by atoms with Crippen LogP contribution in [0.1, 0.15) is 17.4 Å². The van der Waals surface area contributed by atoms with E-state index in [1.165, 1.54) is 17.6 Å². The largest absolute Gasteiger partial charge is 0.341 e. The molecule has 0 saturated heterocycles. The van der Waals surface area contributed by atoms with E-state index < -0.39 is 0 Å². The number of rotatable bonds is 4. The highest BCUT2D eigenvalue weighted by Gasteiger charge is 2.14. The number of para-hydroxylation sites is 1. The summed E-state index contributed by atoms with van der Waals surface area (Å²) in [5.74, 6) is -0.596. The highest BCUT2D eigenvalue weighted by atomic mass is 19.1. The van der Waals surface area contributed by atoms with Gasteiger partial charge in [0.1, 0.15) is 11.5 Å². The number of aromatic nitrogens is 3. The lowest BCUT2D eigenvalue weighted by atomic mass is 10.1. The summed E-state index contributed by atoms with van der Waals surface area (Å²) in [5, 5.41) is 12.1. The minimum absolute atomic E-state index is 0.283. The van der Waals surface area contributed by atoms with Crippen LogP contribution in [0.2, 0.25) is 0 Å². The molecule has 3 aromatic carbocycles. The zero-order valence-electron chi connectivity index (χ0n) is 16.3. The second-order valence-corrected chi connectivity index (χ2v) is 7.12. The molecule has 1 amide bonds. The van der Waals surface area contributed by atoms with Crippen molar-refractivity contribution in [1.82, 2.24) is 14.8 Å². The second kappa shape index (κ2) is 7.15. The van der Waals surface area contributed by atoms with Gasteiger partial charge < -0.3 is 9.88 Å². The van der Waals surface area contributed by atoms with E-state index in [2.05, 4.69) is 39.1 Å². The van der Waals surface area contributed by atoms with Crippen LogP contribution in [0.5, 0.6) is 0 Å². The number of nitrogens with one attached hydrogen (secondary N) is 2. The smallest absolute Gasteiger partial charge is 0.273 e. The fourth-order valence-corrected chi connectivity index (χ4v) is 3.88. The van der Waals surface area contributed by atoms with Crippen molar-refractivity contribution in [3.63, 3.8) is 0 Å². The number of fused-ring (bicyclic) bond motifs is 3. The van der Waals surface area contributed by atoms with Gasteiger partial charge >= 0.3 is 0 Å². The number of carbonyl (C=O) groups is 1. The van der Waals surface area contributed by atoms with Crippen molar-refractivity contribution in [2.45, 2.75) is 13.5 Å². The summed E-state index contributed by atoms with van der Waals surface area (Å²) in [5.41, 5.74) is 4.68. The van der Waals surface area contributed by atoms with Gasteiger partial charge in [0.05, 0.1) is 5.69 Å². The number of H-pyrrole nitrogens is 1. The summed E-state index contributed by atoms with van der Waals surface area (Å²) in [7, 11) is 0. The molecule has 2 aromatic heterocycles. The molecular weight excluding hydrogens is 379 g/mol. The number of aromatic amines is 1. The number of anilines is 1. The Kier molecular flexibility index (Phi) is 4.32. The third-order valence-corrected chi connectivity index (χ3v) is 5.31. The molecule has 0 bridgehead atoms. The fourth-order valence-electron chi connectivity index (χ4n) is 3.88. The number of aryl methyl sites for hydroxylation is 1. The molecule has 0 radical (unpaired) electrons. The molecular formula is C24H19FN4O. The van der Waals surface area contributed by atoms with E-state index in [4.69, 9.17) is 0 Å². The summed E-state index contributed by atoms with van der Waals surface area (Å²) in [6.07, 6.45) is 0. The van der Waals surface area contributed by atoms with E-state index in [0.29, 0.717) is 17.1 Å². The first-order chi connectivity index (χ1) is 14.6. The van der Waals surface area contributed by atoms with Crippen LogP contribution in [-0.4, -0.2) is 20.7 Å². The molecule has 0 aliphatic heterocycles. The molecule has 6 heteroatoms. The van der Waals surface area contributed by atoms with Crippen molar-refractivity contribution in [2.75, 3.05) is 5.32 Å². The summed E-state index contributed by atoms with van der Waals surface area (Å²) in [4.78, 5) is 12.7. The van der Waals surface area contributed by atoms with Crippen molar-refractivity contribution >= 4 is 33.4 Å². The molecule has 0 spiro atoms. The number of nitrogens with zero attached hydrogens (tertiary/aromatic N) is 2. The monoisotopic (exact) mass is 398 g/mol. The molecule has 0 atom stereocenters. The molecule has 5 rings (SSSR count). The maximum Gasteiger partial charge on any atom is 0.273 e. The predicted octanol–water partition coefficient (Wildman–Crippen LogP) is 5.60. The van der Waals surface area contributed by atoms with Gasteiger partial charge in [0, 0.05) is 39.6 Å². The summed E-state index contributed by atoms with van der Waals surface area (Å²) >= 11 is 0. The van der Waals surface area contributed by atoms with E-state index in [0.717, 1.165) is 28.4 Å². The van der Waals surface area contributed by atoms with Gasteiger partial charge in [-0.2, -0.15) is 5.10 Å². The predicted molar refractivity (Wildman–Crippen MR) is 117 cm³/mol. The van der Waals surface area contributed by atoms with Crippen molar-refractivity contribution in [3.05, 3.63) is 84.3 Å². The van der Waals surface area contributed by atoms with Crippen molar-refractivity contribution in [3.8, 4) is 11.3 Å². The minimum Gasteiger partial charge on any atom is -0.341 e. The number of hydrogen-bond donors (Lipinski definition) is 2. The molecule has 2 N–H and O–H groups in total. The number of halogens is 1. The number of hydrogen-bond acceptors (Lipinski definition) is 2. The van der Waals surface area contributed by atoms with Crippen molar-refractivity contribution in [1.29, 1.82) is 0 Å². The Morgan fingerprint density at radius 2 is 1.77 bits per heavy atom. The van der Waals surface area contributed by atoms with Gasteiger partial charge in [-0.05, 0) is 61.5 Å². The van der Waals surface area contributed by atoms with E-state index >= 15 is 0 Å². The van der Waals surface area contributed by atoms with Gasteiger partial charge in [-0.25, -0.2) is 4.39 Å². The SMILES string of the molecule is CCn1c2ccccc2c2cc(NC(=O)c3cc(-c4ccc(F)cc4)n[nH]3)ccc21. The fraction of sp³-hybridized carbons (Fsp3) is 0.0833. The third-order valence-electron chi connectivity index (χ3n) is 5.31. The van der Waals surface area contributed by atoms with Crippen LogP contribution in [0.4, 0.5) is 10.1 Å². The van der Waals surface area contributed by atoms with Gasteiger partial charge in [-0.1, -0.05) is 18.2 Å². The van der Waals surface area contributed by atoms with E-state index in [9.17, 15) is 9.18 Å². The normalized spacial score (nSPS) is 11.3. The van der Waals surface area contributed by atoms with E-state index in [1.807, 2.05) is 30.3 Å². The van der Waals surface area contributed by atoms with Crippen molar-refractivity contribution < 1.29 is 9.18 Å². The maximum atomic E-state index is 13.1. The Hall–Kier alpha value is -3.93. The van der Waals surface area contributed by atoms with Gasteiger partial charge in [0.15, 0.2) is 0 Å². The quantitative estimate of drug-likeness (QED) is 0.414. The molecule has 2 heterocycles. The number of benzene rings is 3. The average molecular weight is 398 g/mol. The van der Waals surface area contributed by atoms with Crippen LogP contribution in [0.25, 0.3) is 33.1 Å². The Morgan fingerprint density at radius 3 is 2.57 bits per heavy atom. The number of amides is 1. The first-order valence-electron chi connectivity index (χ1n) is 9.77. The molecule has 5 nitrogen and oxygen atoms in total. The standard InChI is InChI=1S/C24H19FN4O/c1-2-29-22-6-4-3-5-18(22)19-13-17(11-12-23(19)29)26-24(30)21-14-20(27-28-21)15-7-9-16(25)10-8-15/h3-14H,2H2,1H3,(H,26,30)(H,27,28). The van der Waals surface area contributed by atoms with Crippen LogP contribution < -0.4 is 5.32 Å². The molecule has 0 fully saturated rings. The van der Waals surface area contributed by atoms with Crippen molar-refractivity contribution in [2.24, 2.45) is 0 Å². The first-order valence-corrected chi connectivity index (χ1v) is 9.77. The zero-order chi connectivity index (χ0) is 20.7. The lowest BCUT2D eigenvalue weighted by Crippen LogP contribution is -2.12. The van der Waals surface area contributed by atoms with Crippen LogP contribution in [-0.2, 0) is 6.54 Å². The van der Waals surface area contributed by atoms with Crippen LogP contribution in [0.15, 0.2) is 72.8 Å². The Morgan fingerprint density at radius 1 is 1.00 bits per heavy atom. The Bertz CT molecular complexity index is 1380. The lowest BCUT2D eigenvalue weighted by molar-refractivity contribution is 0.102. The van der Waals surface area contributed by atoms with Crippen LogP contribution in [0.3, 0.4) is 0 Å². The van der Waals surface area contributed by atoms with Gasteiger partial charge in [-0.15, -0.1) is 0 Å². The summed E-state index contributed by atoms with van der Waals surface area (Å²) in [6.45, 7) is 2.99. The van der Waals surface area contributed by atoms with E-state index in [-0.39, 0.29) is 11.7 Å². The van der Waals surface area contributed by atoms with E-state index in [1.54, 1.807) is 18.2 Å². The summed E-state index contributed by atoms with van der Waals surface area (Å²) < 4.78 is 15.4. The first kappa shape index (κ1) is 18.1. The molecule has 30 heavy (non-hydrogen) atoms. The topological polar surface area (TPSA) is 62.7 Å². The molecule has 0 aliphatic rings. The van der Waals surface area contributed by atoms with Gasteiger partial charge in [0.2, 0.25) is 0 Å². The minimum atomic E-state index is -0.313. The number of carbonyl (C=O) groups excluding carboxylic acids is 1. The third kappa shape index (κ3) is 3.03. The second-order valence-electron chi connectivity index (χ2n) is 7.12. The average Bonchev–Trinajstić information content (AvgIpc) is 3.37. The highest BCUT2D eigenvalue weighted by Crippen LogP contribution is 2.31. The molecule has 148 valence electrons. The highest BCUT2D eigenvalue weighted by molar-refractivity contribution is 6.11. The van der Waals surface area contributed by atoms with Crippen LogP contribution >= 0.6 is 0 Å². The lowest BCUT2D eigenvalue weighted by Gasteiger charge is -2.05. The maximum absolute atomic E-state index is 13.1. The van der Waals surface area contributed by atoms with Crippen LogP contribution in [0, 0.1) is 5.82 Å². The molecule has 0 aliphatic carbocycles. The molecule has 0 unspecified atom stereocenters. The molecule has 0 saturated carbocycles. The zero-order valence-corrected chi connectivity index (χ0v) is 16.3. The molecule has 5 aromatic rings. The van der Waals surface area contributed by atoms with Gasteiger partial charge in [-0.3, -0.25) is 9.89 Å². The summed E-state index contributed by atoms with van der Waals surface area (Å²) in [6, 6.07) is 21.9. The Labute approximate surface area is 172 Å².